The number of piperidine rings is 1. The Kier molecular flexibility index (Phi) is 5.27. The number of oxime groups is 1. The number of rotatable bonds is 6. The molecular formula is C15H30N4O. The van der Waals surface area contributed by atoms with Gasteiger partial charge in [0.1, 0.15) is 5.84 Å². The van der Waals surface area contributed by atoms with Crippen molar-refractivity contribution < 1.29 is 5.21 Å². The van der Waals surface area contributed by atoms with Crippen LogP contribution in [0.4, 0.5) is 0 Å². The molecule has 0 spiro atoms. The van der Waals surface area contributed by atoms with Gasteiger partial charge in [0.25, 0.3) is 0 Å². The number of fused-ring (bicyclic) bond motifs is 1. The van der Waals surface area contributed by atoms with Crippen LogP contribution in [0.15, 0.2) is 5.16 Å². The molecule has 2 unspecified atom stereocenters. The minimum Gasteiger partial charge on any atom is -0.409 e. The highest BCUT2D eigenvalue weighted by Gasteiger charge is 2.31. The summed E-state index contributed by atoms with van der Waals surface area (Å²) in [5.74, 6) is 0.330. The molecule has 0 aromatic carbocycles. The van der Waals surface area contributed by atoms with E-state index in [2.05, 4.69) is 15.4 Å². The zero-order valence-corrected chi connectivity index (χ0v) is 12.9. The van der Waals surface area contributed by atoms with E-state index < -0.39 is 0 Å². The van der Waals surface area contributed by atoms with Crippen LogP contribution < -0.4 is 11.1 Å². The third-order valence-electron chi connectivity index (χ3n) is 5.03. The van der Waals surface area contributed by atoms with Gasteiger partial charge in [0, 0.05) is 17.5 Å². The van der Waals surface area contributed by atoms with Crippen LogP contribution in [-0.4, -0.2) is 47.7 Å². The molecular weight excluding hydrogens is 252 g/mol. The third kappa shape index (κ3) is 3.85. The summed E-state index contributed by atoms with van der Waals surface area (Å²) in [5, 5.41) is 15.6. The molecule has 2 atom stereocenters. The molecule has 5 heteroatoms. The summed E-state index contributed by atoms with van der Waals surface area (Å²) < 4.78 is 0. The first-order chi connectivity index (χ1) is 9.53. The quantitative estimate of drug-likeness (QED) is 0.228. The molecule has 2 rings (SSSR count). The first kappa shape index (κ1) is 15.6. The average molecular weight is 282 g/mol. The summed E-state index contributed by atoms with van der Waals surface area (Å²) in [6, 6.07) is 1.51. The van der Waals surface area contributed by atoms with Crippen LogP contribution in [0, 0.1) is 5.41 Å². The highest BCUT2D eigenvalue weighted by Crippen LogP contribution is 2.27. The summed E-state index contributed by atoms with van der Waals surface area (Å²) in [4.78, 5) is 2.65. The summed E-state index contributed by atoms with van der Waals surface area (Å²) in [6.07, 6.45) is 7.36. The predicted octanol–water partition coefficient (Wildman–Crippen LogP) is 1.76. The van der Waals surface area contributed by atoms with Gasteiger partial charge in [0.15, 0.2) is 0 Å². The monoisotopic (exact) mass is 282 g/mol. The third-order valence-corrected chi connectivity index (χ3v) is 5.03. The Bertz CT molecular complexity index is 343. The number of hydrogen-bond acceptors (Lipinski definition) is 4. The topological polar surface area (TPSA) is 73.9 Å². The zero-order chi connectivity index (χ0) is 14.6. The molecule has 2 heterocycles. The van der Waals surface area contributed by atoms with Gasteiger partial charge >= 0.3 is 0 Å². The molecule has 0 saturated carbocycles. The van der Waals surface area contributed by atoms with Gasteiger partial charge in [-0.2, -0.15) is 0 Å². The fourth-order valence-corrected chi connectivity index (χ4v) is 3.51. The van der Waals surface area contributed by atoms with Gasteiger partial charge in [-0.15, -0.1) is 0 Å². The van der Waals surface area contributed by atoms with Crippen molar-refractivity contribution in [1.29, 1.82) is 0 Å². The van der Waals surface area contributed by atoms with E-state index in [-0.39, 0.29) is 5.41 Å². The van der Waals surface area contributed by atoms with E-state index in [0.717, 1.165) is 25.4 Å². The van der Waals surface area contributed by atoms with Crippen molar-refractivity contribution in [3.05, 3.63) is 0 Å². The maximum absolute atomic E-state index is 8.76. The molecule has 0 radical (unpaired) electrons. The molecule has 2 saturated heterocycles. The minimum absolute atomic E-state index is 0.217. The summed E-state index contributed by atoms with van der Waals surface area (Å²) in [6.45, 7) is 7.65. The van der Waals surface area contributed by atoms with Gasteiger partial charge in [-0.3, -0.25) is 0 Å². The van der Waals surface area contributed by atoms with Gasteiger partial charge in [0.05, 0.1) is 0 Å². The molecule has 2 fully saturated rings. The van der Waals surface area contributed by atoms with Crippen LogP contribution in [0.3, 0.4) is 0 Å². The fraction of sp³-hybridized carbons (Fsp3) is 0.933. The Morgan fingerprint density at radius 3 is 2.95 bits per heavy atom. The molecule has 2 aliphatic heterocycles. The summed E-state index contributed by atoms with van der Waals surface area (Å²) in [5.41, 5.74) is 5.49. The Balaban J connectivity index is 1.64. The van der Waals surface area contributed by atoms with Gasteiger partial charge < -0.3 is 21.2 Å². The standard InChI is InChI=1S/C15H30N4O/c1-15(2,14(16)18-20)7-4-8-17-12-6-10-19-9-3-5-13(19)11-12/h12-13,17,20H,3-11H2,1-2H3,(H2,16,18). The van der Waals surface area contributed by atoms with E-state index in [4.69, 9.17) is 10.9 Å². The Morgan fingerprint density at radius 1 is 1.40 bits per heavy atom. The van der Waals surface area contributed by atoms with Crippen LogP contribution in [0.25, 0.3) is 0 Å². The average Bonchev–Trinajstić information content (AvgIpc) is 2.90. The Morgan fingerprint density at radius 2 is 2.20 bits per heavy atom. The molecule has 0 bridgehead atoms. The SMILES string of the molecule is CC(C)(CCCNC1CCN2CCCC2C1)C(N)=NO. The van der Waals surface area contributed by atoms with Crippen molar-refractivity contribution in [2.75, 3.05) is 19.6 Å². The highest BCUT2D eigenvalue weighted by molar-refractivity contribution is 5.85. The number of nitrogens with zero attached hydrogens (tertiary/aromatic N) is 2. The van der Waals surface area contributed by atoms with Crippen LogP contribution >= 0.6 is 0 Å². The Labute approximate surface area is 122 Å². The largest absolute Gasteiger partial charge is 0.409 e. The lowest BCUT2D eigenvalue weighted by Crippen LogP contribution is -2.46. The zero-order valence-electron chi connectivity index (χ0n) is 12.9. The van der Waals surface area contributed by atoms with Crippen molar-refractivity contribution in [2.45, 2.75) is 64.5 Å². The number of hydrogen-bond donors (Lipinski definition) is 3. The maximum Gasteiger partial charge on any atom is 0.144 e. The van der Waals surface area contributed by atoms with Crippen LogP contribution in [-0.2, 0) is 0 Å². The molecule has 0 aromatic rings. The van der Waals surface area contributed by atoms with Crippen molar-refractivity contribution in [1.82, 2.24) is 10.2 Å². The van der Waals surface area contributed by atoms with Crippen molar-refractivity contribution >= 4 is 5.84 Å². The number of nitrogens with one attached hydrogen (secondary N) is 1. The summed E-state index contributed by atoms with van der Waals surface area (Å²) >= 11 is 0. The van der Waals surface area contributed by atoms with Gasteiger partial charge in [-0.05, 0) is 58.2 Å². The molecule has 0 amide bonds. The first-order valence-corrected chi connectivity index (χ1v) is 7.98. The smallest absolute Gasteiger partial charge is 0.144 e. The molecule has 2 aliphatic rings. The van der Waals surface area contributed by atoms with Crippen LogP contribution in [0.1, 0.15) is 52.4 Å². The normalized spacial score (nSPS) is 28.6. The van der Waals surface area contributed by atoms with Gasteiger partial charge in [-0.1, -0.05) is 19.0 Å². The van der Waals surface area contributed by atoms with Gasteiger partial charge in [-0.25, -0.2) is 0 Å². The van der Waals surface area contributed by atoms with Crippen LogP contribution in [0.5, 0.6) is 0 Å². The van der Waals surface area contributed by atoms with Crippen molar-refractivity contribution in [2.24, 2.45) is 16.3 Å². The van der Waals surface area contributed by atoms with E-state index in [1.54, 1.807) is 0 Å². The number of amidine groups is 1. The molecule has 20 heavy (non-hydrogen) atoms. The molecule has 116 valence electrons. The minimum atomic E-state index is -0.217. The first-order valence-electron chi connectivity index (χ1n) is 7.98. The molecule has 4 N–H and O–H groups in total. The lowest BCUT2D eigenvalue weighted by atomic mass is 9.86. The molecule has 0 aliphatic carbocycles. The number of nitrogens with two attached hydrogens (primary N) is 1. The lowest BCUT2D eigenvalue weighted by Gasteiger charge is -2.35. The fourth-order valence-electron chi connectivity index (χ4n) is 3.51. The highest BCUT2D eigenvalue weighted by atomic mass is 16.4. The second-order valence-corrected chi connectivity index (χ2v) is 6.98. The lowest BCUT2D eigenvalue weighted by molar-refractivity contribution is 0.166. The summed E-state index contributed by atoms with van der Waals surface area (Å²) in [7, 11) is 0. The van der Waals surface area contributed by atoms with E-state index in [1.165, 1.54) is 38.8 Å². The second kappa shape index (κ2) is 6.76. The Hall–Kier alpha value is -0.810. The molecule has 0 aromatic heterocycles. The van der Waals surface area contributed by atoms with E-state index in [9.17, 15) is 0 Å². The van der Waals surface area contributed by atoms with Crippen molar-refractivity contribution in [3.63, 3.8) is 0 Å². The second-order valence-electron chi connectivity index (χ2n) is 6.98. The van der Waals surface area contributed by atoms with E-state index in [0.29, 0.717) is 11.9 Å². The maximum atomic E-state index is 8.76. The molecule has 5 nitrogen and oxygen atoms in total. The van der Waals surface area contributed by atoms with E-state index in [1.807, 2.05) is 13.8 Å². The van der Waals surface area contributed by atoms with Crippen LogP contribution in [0.2, 0.25) is 0 Å². The van der Waals surface area contributed by atoms with E-state index >= 15 is 0 Å². The van der Waals surface area contributed by atoms with Crippen molar-refractivity contribution in [3.8, 4) is 0 Å². The predicted molar refractivity (Wildman–Crippen MR) is 82.0 cm³/mol. The van der Waals surface area contributed by atoms with Gasteiger partial charge in [0.2, 0.25) is 0 Å².